The average Bonchev–Trinajstić information content (AvgIpc) is 2.55. The Labute approximate surface area is 123 Å². The van der Waals surface area contributed by atoms with Crippen molar-refractivity contribution in [2.75, 3.05) is 0 Å². The van der Waals surface area contributed by atoms with E-state index in [2.05, 4.69) is 0 Å². The maximum absolute atomic E-state index is 5.83. The molecule has 2 atom stereocenters. The van der Waals surface area contributed by atoms with E-state index in [1.807, 2.05) is 72.8 Å². The summed E-state index contributed by atoms with van der Waals surface area (Å²) in [5.74, 6) is 1.65. The zero-order valence-electron chi connectivity index (χ0n) is 11.3. The van der Waals surface area contributed by atoms with E-state index in [4.69, 9.17) is 14.2 Å². The van der Waals surface area contributed by atoms with Gasteiger partial charge >= 0.3 is 0 Å². The van der Waals surface area contributed by atoms with E-state index in [1.165, 1.54) is 0 Å². The SMILES string of the molecule is C1=CC(OC2C=Cc3ccccc3O2)Oc2ccccc21. The van der Waals surface area contributed by atoms with Crippen molar-refractivity contribution in [3.63, 3.8) is 0 Å². The van der Waals surface area contributed by atoms with Gasteiger partial charge in [0.2, 0.25) is 12.6 Å². The summed E-state index contributed by atoms with van der Waals surface area (Å²) in [6.45, 7) is 0. The normalized spacial score (nSPS) is 21.9. The highest BCUT2D eigenvalue weighted by molar-refractivity contribution is 5.60. The van der Waals surface area contributed by atoms with Crippen LogP contribution in [0.25, 0.3) is 12.2 Å². The van der Waals surface area contributed by atoms with Crippen molar-refractivity contribution in [1.82, 2.24) is 0 Å². The summed E-state index contributed by atoms with van der Waals surface area (Å²) >= 11 is 0. The first-order valence-electron chi connectivity index (χ1n) is 6.92. The number of hydrogen-bond acceptors (Lipinski definition) is 3. The quantitative estimate of drug-likeness (QED) is 0.834. The predicted octanol–water partition coefficient (Wildman–Crippen LogP) is 3.87. The minimum Gasteiger partial charge on any atom is -0.460 e. The lowest BCUT2D eigenvalue weighted by Crippen LogP contribution is -2.30. The number of para-hydroxylation sites is 2. The van der Waals surface area contributed by atoms with Crippen LogP contribution in [0.2, 0.25) is 0 Å². The third-order valence-corrected chi connectivity index (χ3v) is 3.46. The second-order valence-corrected chi connectivity index (χ2v) is 4.90. The monoisotopic (exact) mass is 278 g/mol. The fraction of sp³-hybridized carbons (Fsp3) is 0.111. The molecule has 0 fully saturated rings. The Hall–Kier alpha value is -2.52. The maximum atomic E-state index is 5.83. The molecule has 2 aromatic rings. The molecule has 3 nitrogen and oxygen atoms in total. The Kier molecular flexibility index (Phi) is 2.98. The Morgan fingerprint density at radius 3 is 1.67 bits per heavy atom. The minimum absolute atomic E-state index is 0.445. The van der Waals surface area contributed by atoms with Crippen molar-refractivity contribution in [1.29, 1.82) is 0 Å². The molecule has 2 aliphatic heterocycles. The Balaban J connectivity index is 1.47. The van der Waals surface area contributed by atoms with Gasteiger partial charge in [0, 0.05) is 11.1 Å². The van der Waals surface area contributed by atoms with Crippen molar-refractivity contribution >= 4 is 12.2 Å². The van der Waals surface area contributed by atoms with Gasteiger partial charge < -0.3 is 9.47 Å². The fourth-order valence-electron chi connectivity index (χ4n) is 2.42. The first kappa shape index (κ1) is 12.2. The van der Waals surface area contributed by atoms with Gasteiger partial charge in [0.25, 0.3) is 0 Å². The molecule has 2 unspecified atom stereocenters. The molecule has 2 aliphatic rings. The van der Waals surface area contributed by atoms with Crippen LogP contribution in [0.3, 0.4) is 0 Å². The van der Waals surface area contributed by atoms with E-state index in [0.29, 0.717) is 0 Å². The van der Waals surface area contributed by atoms with Crippen LogP contribution < -0.4 is 9.47 Å². The predicted molar refractivity (Wildman–Crippen MR) is 80.9 cm³/mol. The van der Waals surface area contributed by atoms with Gasteiger partial charge in [0.1, 0.15) is 11.5 Å². The molecule has 0 aromatic heterocycles. The topological polar surface area (TPSA) is 27.7 Å². The van der Waals surface area contributed by atoms with E-state index < -0.39 is 12.6 Å². The first-order chi connectivity index (χ1) is 10.4. The fourth-order valence-corrected chi connectivity index (χ4v) is 2.42. The largest absolute Gasteiger partial charge is 0.460 e. The van der Waals surface area contributed by atoms with Crippen molar-refractivity contribution in [2.45, 2.75) is 12.6 Å². The molecule has 0 radical (unpaired) electrons. The third kappa shape index (κ3) is 2.43. The van der Waals surface area contributed by atoms with Gasteiger partial charge in [-0.1, -0.05) is 36.4 Å². The van der Waals surface area contributed by atoms with Crippen LogP contribution in [0, 0.1) is 0 Å². The Bertz CT molecular complexity index is 656. The van der Waals surface area contributed by atoms with Gasteiger partial charge in [-0.2, -0.15) is 0 Å². The first-order valence-corrected chi connectivity index (χ1v) is 6.92. The zero-order chi connectivity index (χ0) is 14.1. The van der Waals surface area contributed by atoms with Gasteiger partial charge in [-0.15, -0.1) is 0 Å². The molecule has 0 bridgehead atoms. The summed E-state index contributed by atoms with van der Waals surface area (Å²) in [7, 11) is 0. The summed E-state index contributed by atoms with van der Waals surface area (Å²) in [5, 5.41) is 0. The van der Waals surface area contributed by atoms with Crippen LogP contribution in [-0.4, -0.2) is 12.6 Å². The standard InChI is InChI=1S/C18H14O3/c1-3-7-15-13(5-1)9-11-17(19-15)21-18-12-10-14-6-2-4-8-16(14)20-18/h1-12,17-18H. The van der Waals surface area contributed by atoms with E-state index in [9.17, 15) is 0 Å². The van der Waals surface area contributed by atoms with Crippen molar-refractivity contribution in [2.24, 2.45) is 0 Å². The molecule has 0 amide bonds. The summed E-state index contributed by atoms with van der Waals surface area (Å²) < 4.78 is 17.4. The minimum atomic E-state index is -0.445. The number of rotatable bonds is 2. The molecule has 0 aliphatic carbocycles. The lowest BCUT2D eigenvalue weighted by atomic mass is 10.1. The van der Waals surface area contributed by atoms with Gasteiger partial charge in [-0.25, -0.2) is 0 Å². The van der Waals surface area contributed by atoms with Crippen molar-refractivity contribution < 1.29 is 14.2 Å². The second-order valence-electron chi connectivity index (χ2n) is 4.90. The highest BCUT2D eigenvalue weighted by Gasteiger charge is 2.21. The maximum Gasteiger partial charge on any atom is 0.223 e. The summed E-state index contributed by atoms with van der Waals surface area (Å²) in [4.78, 5) is 0. The smallest absolute Gasteiger partial charge is 0.223 e. The summed E-state index contributed by atoms with van der Waals surface area (Å²) in [6.07, 6.45) is 6.90. The second kappa shape index (κ2) is 5.11. The molecular weight excluding hydrogens is 264 g/mol. The molecule has 3 heteroatoms. The van der Waals surface area contributed by atoms with E-state index >= 15 is 0 Å². The molecule has 0 saturated carbocycles. The van der Waals surface area contributed by atoms with E-state index in [1.54, 1.807) is 0 Å². The summed E-state index contributed by atoms with van der Waals surface area (Å²) in [5.41, 5.74) is 2.12. The van der Waals surface area contributed by atoms with Crippen molar-refractivity contribution in [3.05, 3.63) is 71.8 Å². The number of hydrogen-bond donors (Lipinski definition) is 0. The molecule has 0 N–H and O–H groups in total. The highest BCUT2D eigenvalue weighted by atomic mass is 16.8. The zero-order valence-corrected chi connectivity index (χ0v) is 11.3. The summed E-state index contributed by atoms with van der Waals surface area (Å²) in [6, 6.07) is 15.7. The molecular formula is C18H14O3. The molecule has 2 heterocycles. The van der Waals surface area contributed by atoms with Crippen molar-refractivity contribution in [3.8, 4) is 11.5 Å². The van der Waals surface area contributed by atoms with Crippen LogP contribution in [0.5, 0.6) is 11.5 Å². The van der Waals surface area contributed by atoms with Gasteiger partial charge in [-0.05, 0) is 36.4 Å². The number of benzene rings is 2. The molecule has 0 saturated heterocycles. The molecule has 2 aromatic carbocycles. The van der Waals surface area contributed by atoms with Crippen LogP contribution in [-0.2, 0) is 4.74 Å². The van der Waals surface area contributed by atoms with Crippen LogP contribution in [0.15, 0.2) is 60.7 Å². The molecule has 4 rings (SSSR count). The lowest BCUT2D eigenvalue weighted by molar-refractivity contribution is -0.142. The highest BCUT2D eigenvalue weighted by Crippen LogP contribution is 2.29. The Morgan fingerprint density at radius 2 is 1.14 bits per heavy atom. The number of fused-ring (bicyclic) bond motifs is 2. The van der Waals surface area contributed by atoms with Crippen LogP contribution >= 0.6 is 0 Å². The van der Waals surface area contributed by atoms with Crippen LogP contribution in [0.1, 0.15) is 11.1 Å². The Morgan fingerprint density at radius 1 is 0.667 bits per heavy atom. The number of ether oxygens (including phenoxy) is 3. The third-order valence-electron chi connectivity index (χ3n) is 3.46. The molecule has 0 spiro atoms. The van der Waals surface area contributed by atoms with Gasteiger partial charge in [-0.3, -0.25) is 4.74 Å². The van der Waals surface area contributed by atoms with E-state index in [-0.39, 0.29) is 0 Å². The average molecular weight is 278 g/mol. The van der Waals surface area contributed by atoms with Crippen LogP contribution in [0.4, 0.5) is 0 Å². The van der Waals surface area contributed by atoms with E-state index in [0.717, 1.165) is 22.6 Å². The lowest BCUT2D eigenvalue weighted by Gasteiger charge is -2.27. The molecule has 21 heavy (non-hydrogen) atoms. The van der Waals surface area contributed by atoms with Gasteiger partial charge in [0.15, 0.2) is 0 Å². The molecule has 104 valence electrons. The van der Waals surface area contributed by atoms with Gasteiger partial charge in [0.05, 0.1) is 0 Å².